The van der Waals surface area contributed by atoms with Gasteiger partial charge in [0.15, 0.2) is 0 Å². The zero-order chi connectivity index (χ0) is 16.1. The fourth-order valence-electron chi connectivity index (χ4n) is 1.81. The third kappa shape index (κ3) is 3.85. The van der Waals surface area contributed by atoms with Crippen molar-refractivity contribution in [3.8, 4) is 5.75 Å². The largest absolute Gasteiger partial charge is 0.493 e. The molecule has 0 bridgehead atoms. The number of rotatable bonds is 5. The number of carboxylic acids is 1. The third-order valence-electron chi connectivity index (χ3n) is 2.88. The van der Waals surface area contributed by atoms with E-state index in [4.69, 9.17) is 9.84 Å². The van der Waals surface area contributed by atoms with Gasteiger partial charge in [0.25, 0.3) is 5.91 Å². The maximum absolute atomic E-state index is 12.2. The second-order valence-electron chi connectivity index (χ2n) is 4.41. The van der Waals surface area contributed by atoms with Crippen LogP contribution in [0.15, 0.2) is 46.9 Å². The molecule has 0 unspecified atom stereocenters. The van der Waals surface area contributed by atoms with Gasteiger partial charge in [0.2, 0.25) is 0 Å². The first-order valence-electron chi connectivity index (χ1n) is 6.58. The Hall–Kier alpha value is -2.34. The number of nitrogens with one attached hydrogen (secondary N) is 1. The molecule has 0 atom stereocenters. The summed E-state index contributed by atoms with van der Waals surface area (Å²) in [6.07, 6.45) is 0. The van der Waals surface area contributed by atoms with E-state index in [1.807, 2.05) is 6.92 Å². The van der Waals surface area contributed by atoms with Crippen LogP contribution in [0, 0.1) is 0 Å². The van der Waals surface area contributed by atoms with E-state index in [2.05, 4.69) is 21.2 Å². The lowest BCUT2D eigenvalue weighted by atomic mass is 10.2. The van der Waals surface area contributed by atoms with Crippen molar-refractivity contribution in [2.75, 3.05) is 11.9 Å². The van der Waals surface area contributed by atoms with Crippen molar-refractivity contribution < 1.29 is 19.4 Å². The van der Waals surface area contributed by atoms with Crippen molar-refractivity contribution in [3.05, 3.63) is 58.1 Å². The molecule has 0 aliphatic carbocycles. The van der Waals surface area contributed by atoms with Crippen LogP contribution in [0.5, 0.6) is 5.75 Å². The van der Waals surface area contributed by atoms with Gasteiger partial charge in [-0.05, 0) is 65.3 Å². The second kappa shape index (κ2) is 7.09. The van der Waals surface area contributed by atoms with Crippen LogP contribution in [0.25, 0.3) is 0 Å². The molecule has 0 spiro atoms. The highest BCUT2D eigenvalue weighted by atomic mass is 79.9. The summed E-state index contributed by atoms with van der Waals surface area (Å²) in [7, 11) is 0. The van der Waals surface area contributed by atoms with Crippen molar-refractivity contribution in [3.63, 3.8) is 0 Å². The maximum Gasteiger partial charge on any atom is 0.335 e. The molecule has 0 fully saturated rings. The molecule has 1 amide bonds. The zero-order valence-corrected chi connectivity index (χ0v) is 13.4. The molecule has 5 nitrogen and oxygen atoms in total. The minimum Gasteiger partial charge on any atom is -0.493 e. The first kappa shape index (κ1) is 16.0. The van der Waals surface area contributed by atoms with Crippen LogP contribution in [-0.4, -0.2) is 23.6 Å². The van der Waals surface area contributed by atoms with E-state index in [0.29, 0.717) is 28.1 Å². The van der Waals surface area contributed by atoms with Gasteiger partial charge in [-0.1, -0.05) is 0 Å². The van der Waals surface area contributed by atoms with Crippen LogP contribution in [-0.2, 0) is 0 Å². The molecular formula is C16H14BrNO4. The number of hydrogen-bond acceptors (Lipinski definition) is 3. The summed E-state index contributed by atoms with van der Waals surface area (Å²) >= 11 is 3.36. The molecule has 2 aromatic rings. The van der Waals surface area contributed by atoms with Crippen molar-refractivity contribution in [1.29, 1.82) is 0 Å². The van der Waals surface area contributed by atoms with Gasteiger partial charge in [-0.3, -0.25) is 4.79 Å². The number of carbonyl (C=O) groups is 2. The van der Waals surface area contributed by atoms with E-state index in [0.717, 1.165) is 0 Å². The molecule has 0 saturated heterocycles. The van der Waals surface area contributed by atoms with E-state index in [1.165, 1.54) is 12.1 Å². The second-order valence-corrected chi connectivity index (χ2v) is 5.27. The van der Waals surface area contributed by atoms with Gasteiger partial charge in [-0.25, -0.2) is 4.79 Å². The summed E-state index contributed by atoms with van der Waals surface area (Å²) in [5.74, 6) is -0.620. The van der Waals surface area contributed by atoms with Crippen LogP contribution < -0.4 is 10.1 Å². The van der Waals surface area contributed by atoms with Crippen molar-refractivity contribution in [2.24, 2.45) is 0 Å². The smallest absolute Gasteiger partial charge is 0.335 e. The van der Waals surface area contributed by atoms with Crippen LogP contribution in [0.4, 0.5) is 5.69 Å². The average molecular weight is 364 g/mol. The Morgan fingerprint density at radius 2 is 1.77 bits per heavy atom. The lowest BCUT2D eigenvalue weighted by molar-refractivity contribution is 0.0696. The Labute approximate surface area is 136 Å². The Morgan fingerprint density at radius 1 is 1.14 bits per heavy atom. The van der Waals surface area contributed by atoms with Crippen LogP contribution >= 0.6 is 15.9 Å². The first-order valence-corrected chi connectivity index (χ1v) is 7.37. The van der Waals surface area contributed by atoms with E-state index in [-0.39, 0.29) is 11.5 Å². The fraction of sp³-hybridized carbons (Fsp3) is 0.125. The molecule has 2 N–H and O–H groups in total. The molecule has 0 saturated carbocycles. The highest BCUT2D eigenvalue weighted by Gasteiger charge is 2.10. The number of aromatic carboxylic acids is 1. The Bertz CT molecular complexity index is 698. The predicted molar refractivity (Wildman–Crippen MR) is 86.7 cm³/mol. The van der Waals surface area contributed by atoms with E-state index < -0.39 is 5.97 Å². The van der Waals surface area contributed by atoms with Crippen LogP contribution in [0.2, 0.25) is 0 Å². The van der Waals surface area contributed by atoms with Gasteiger partial charge in [-0.2, -0.15) is 0 Å². The Balaban J connectivity index is 2.11. The zero-order valence-electron chi connectivity index (χ0n) is 11.8. The molecule has 2 rings (SSSR count). The van der Waals surface area contributed by atoms with Crippen LogP contribution in [0.1, 0.15) is 27.6 Å². The Morgan fingerprint density at radius 3 is 2.32 bits per heavy atom. The standard InChI is InChI=1S/C16H14BrNO4/c1-2-22-14-8-5-11(9-13(14)17)15(19)18-12-6-3-10(4-7-12)16(20)21/h3-9H,2H2,1H3,(H,18,19)(H,20,21). The number of amides is 1. The number of hydrogen-bond donors (Lipinski definition) is 2. The normalized spacial score (nSPS) is 10.1. The molecule has 2 aromatic carbocycles. The van der Waals surface area contributed by atoms with E-state index >= 15 is 0 Å². The summed E-state index contributed by atoms with van der Waals surface area (Å²) in [5.41, 5.74) is 1.17. The topological polar surface area (TPSA) is 75.6 Å². The van der Waals surface area contributed by atoms with Gasteiger partial charge < -0.3 is 15.2 Å². The lowest BCUT2D eigenvalue weighted by Crippen LogP contribution is -2.12. The van der Waals surface area contributed by atoms with Gasteiger partial charge >= 0.3 is 5.97 Å². The quantitative estimate of drug-likeness (QED) is 0.846. The number of anilines is 1. The number of halogens is 1. The number of benzene rings is 2. The highest BCUT2D eigenvalue weighted by molar-refractivity contribution is 9.10. The van der Waals surface area contributed by atoms with Crippen molar-refractivity contribution in [2.45, 2.75) is 6.92 Å². The molecular weight excluding hydrogens is 350 g/mol. The number of carbonyl (C=O) groups excluding carboxylic acids is 1. The maximum atomic E-state index is 12.2. The Kier molecular flexibility index (Phi) is 5.16. The first-order chi connectivity index (χ1) is 10.5. The summed E-state index contributed by atoms with van der Waals surface area (Å²) in [6, 6.07) is 11.0. The molecule has 0 aromatic heterocycles. The summed E-state index contributed by atoms with van der Waals surface area (Å²) in [4.78, 5) is 22.9. The molecule has 114 valence electrons. The number of ether oxygens (including phenoxy) is 1. The predicted octanol–water partition coefficient (Wildman–Crippen LogP) is 3.80. The third-order valence-corrected chi connectivity index (χ3v) is 3.50. The lowest BCUT2D eigenvalue weighted by Gasteiger charge is -2.09. The van der Waals surface area contributed by atoms with Gasteiger partial charge in [0, 0.05) is 11.3 Å². The molecule has 0 aliphatic rings. The SMILES string of the molecule is CCOc1ccc(C(=O)Nc2ccc(C(=O)O)cc2)cc1Br. The summed E-state index contributed by atoms with van der Waals surface area (Å²) in [6.45, 7) is 2.42. The van der Waals surface area contributed by atoms with Crippen molar-refractivity contribution in [1.82, 2.24) is 0 Å². The summed E-state index contributed by atoms with van der Waals surface area (Å²) < 4.78 is 6.09. The molecule has 0 aliphatic heterocycles. The van der Waals surface area contributed by atoms with E-state index in [1.54, 1.807) is 30.3 Å². The van der Waals surface area contributed by atoms with Gasteiger partial charge in [-0.15, -0.1) is 0 Å². The minimum absolute atomic E-state index is 0.168. The van der Waals surface area contributed by atoms with Gasteiger partial charge in [0.1, 0.15) is 5.75 Å². The molecule has 0 heterocycles. The highest BCUT2D eigenvalue weighted by Crippen LogP contribution is 2.26. The molecule has 0 radical (unpaired) electrons. The van der Waals surface area contributed by atoms with Crippen molar-refractivity contribution >= 4 is 33.5 Å². The molecule has 22 heavy (non-hydrogen) atoms. The molecule has 6 heteroatoms. The van der Waals surface area contributed by atoms with Gasteiger partial charge in [0.05, 0.1) is 16.6 Å². The van der Waals surface area contributed by atoms with E-state index in [9.17, 15) is 9.59 Å². The average Bonchev–Trinajstić information content (AvgIpc) is 2.50. The minimum atomic E-state index is -1.01. The number of carboxylic acid groups (broad SMARTS) is 1. The fourth-order valence-corrected chi connectivity index (χ4v) is 2.31. The summed E-state index contributed by atoms with van der Waals surface area (Å²) in [5, 5.41) is 11.5. The van der Waals surface area contributed by atoms with Crippen LogP contribution in [0.3, 0.4) is 0 Å². The monoisotopic (exact) mass is 363 g/mol.